The molecule has 166 valence electrons. The minimum absolute atomic E-state index is 0.0686. The molecule has 3 aliphatic rings. The molecule has 3 fully saturated rings. The Balaban J connectivity index is 1.55. The Labute approximate surface area is 186 Å². The normalized spacial score (nSPS) is 19.2. The molecule has 2 aromatic heterocycles. The number of hydrogen-bond acceptors (Lipinski definition) is 6. The number of fused-ring (bicyclic) bond motifs is 3. The summed E-state index contributed by atoms with van der Waals surface area (Å²) in [6.45, 7) is 4.55. The lowest BCUT2D eigenvalue weighted by molar-refractivity contribution is -0.142. The van der Waals surface area contributed by atoms with E-state index in [4.69, 9.17) is 9.97 Å². The minimum atomic E-state index is -0.154. The van der Waals surface area contributed by atoms with Crippen molar-refractivity contribution < 1.29 is 9.59 Å². The standard InChI is InChI=1S/C24H28N6O2/c31-19-10-7-15-29(19)20(32)16-30-18-9-2-1-8-17(18)21-22(27-11-3-4-12-27)25-24(26-23(21)30)28-13-5-6-14-28/h1-2,8-9H,3-7,10-16H2. The number of rotatable bonds is 4. The average Bonchev–Trinajstić information content (AvgIpc) is 3.61. The van der Waals surface area contributed by atoms with Crippen LogP contribution in [0.25, 0.3) is 21.9 Å². The van der Waals surface area contributed by atoms with Crippen molar-refractivity contribution in [1.29, 1.82) is 0 Å². The Hall–Kier alpha value is -3.16. The van der Waals surface area contributed by atoms with Gasteiger partial charge in [0.25, 0.3) is 0 Å². The summed E-state index contributed by atoms with van der Waals surface area (Å²) >= 11 is 0. The highest BCUT2D eigenvalue weighted by Crippen LogP contribution is 2.37. The molecule has 8 nitrogen and oxygen atoms in total. The summed E-state index contributed by atoms with van der Waals surface area (Å²) in [5.74, 6) is 1.51. The first kappa shape index (κ1) is 19.5. The van der Waals surface area contributed by atoms with Crippen LogP contribution in [0, 0.1) is 0 Å². The summed E-state index contributed by atoms with van der Waals surface area (Å²) in [7, 11) is 0. The zero-order valence-corrected chi connectivity index (χ0v) is 18.3. The zero-order valence-electron chi connectivity index (χ0n) is 18.3. The molecule has 0 aliphatic carbocycles. The van der Waals surface area contributed by atoms with Crippen LogP contribution in [-0.4, -0.2) is 64.0 Å². The van der Waals surface area contributed by atoms with Crippen LogP contribution in [0.1, 0.15) is 38.5 Å². The summed E-state index contributed by atoms with van der Waals surface area (Å²) in [6, 6.07) is 8.16. The van der Waals surface area contributed by atoms with Gasteiger partial charge in [0.2, 0.25) is 17.8 Å². The topological polar surface area (TPSA) is 74.6 Å². The first-order chi connectivity index (χ1) is 15.7. The third kappa shape index (κ3) is 3.12. The Morgan fingerprint density at radius 3 is 2.31 bits per heavy atom. The number of imide groups is 1. The van der Waals surface area contributed by atoms with Gasteiger partial charge in [0.15, 0.2) is 0 Å². The van der Waals surface area contributed by atoms with Crippen LogP contribution in [0.4, 0.5) is 11.8 Å². The number of para-hydroxylation sites is 1. The molecule has 0 saturated carbocycles. The zero-order chi connectivity index (χ0) is 21.7. The van der Waals surface area contributed by atoms with Gasteiger partial charge >= 0.3 is 0 Å². The van der Waals surface area contributed by atoms with E-state index in [-0.39, 0.29) is 18.4 Å². The first-order valence-electron chi connectivity index (χ1n) is 11.8. The van der Waals surface area contributed by atoms with Crippen molar-refractivity contribution in [2.75, 3.05) is 42.5 Å². The van der Waals surface area contributed by atoms with E-state index in [1.54, 1.807) is 0 Å². The Kier molecular flexibility index (Phi) is 4.73. The number of aromatic nitrogens is 3. The third-order valence-corrected chi connectivity index (χ3v) is 7.04. The summed E-state index contributed by atoms with van der Waals surface area (Å²) in [4.78, 5) is 41.4. The van der Waals surface area contributed by atoms with Gasteiger partial charge in [-0.2, -0.15) is 9.97 Å². The van der Waals surface area contributed by atoms with Gasteiger partial charge in [-0.1, -0.05) is 18.2 Å². The van der Waals surface area contributed by atoms with Crippen LogP contribution in [0.5, 0.6) is 0 Å². The molecule has 3 aliphatic heterocycles. The van der Waals surface area contributed by atoms with Crippen LogP contribution >= 0.6 is 0 Å². The molecule has 5 heterocycles. The monoisotopic (exact) mass is 432 g/mol. The van der Waals surface area contributed by atoms with E-state index < -0.39 is 0 Å². The fourth-order valence-corrected chi connectivity index (χ4v) is 5.41. The largest absolute Gasteiger partial charge is 0.356 e. The van der Waals surface area contributed by atoms with Gasteiger partial charge in [0.1, 0.15) is 18.0 Å². The molecule has 0 atom stereocenters. The number of amides is 2. The van der Waals surface area contributed by atoms with E-state index in [0.29, 0.717) is 13.0 Å². The van der Waals surface area contributed by atoms with Crippen molar-refractivity contribution in [2.45, 2.75) is 45.1 Å². The molecule has 8 heteroatoms. The van der Waals surface area contributed by atoms with E-state index in [0.717, 1.165) is 79.1 Å². The van der Waals surface area contributed by atoms with E-state index in [2.05, 4.69) is 15.9 Å². The molecule has 6 rings (SSSR count). The highest BCUT2D eigenvalue weighted by molar-refractivity contribution is 6.13. The van der Waals surface area contributed by atoms with Crippen molar-refractivity contribution in [1.82, 2.24) is 19.4 Å². The van der Waals surface area contributed by atoms with Gasteiger partial charge in [-0.25, -0.2) is 0 Å². The molecule has 3 saturated heterocycles. The van der Waals surface area contributed by atoms with Gasteiger partial charge in [-0.05, 0) is 38.2 Å². The lowest BCUT2D eigenvalue weighted by Gasteiger charge is -2.22. The number of nitrogens with zero attached hydrogens (tertiary/aromatic N) is 6. The number of benzene rings is 1. The first-order valence-corrected chi connectivity index (χ1v) is 11.8. The quantitative estimate of drug-likeness (QED) is 0.631. The molecular weight excluding hydrogens is 404 g/mol. The fourth-order valence-electron chi connectivity index (χ4n) is 5.41. The van der Waals surface area contributed by atoms with Gasteiger partial charge in [-0.15, -0.1) is 0 Å². The number of carbonyl (C=O) groups excluding carboxylic acids is 2. The maximum Gasteiger partial charge on any atom is 0.249 e. The van der Waals surface area contributed by atoms with Gasteiger partial charge in [0, 0.05) is 44.5 Å². The molecular formula is C24H28N6O2. The summed E-state index contributed by atoms with van der Waals surface area (Å²) in [5.41, 5.74) is 1.76. The van der Waals surface area contributed by atoms with E-state index >= 15 is 0 Å². The predicted molar refractivity (Wildman–Crippen MR) is 124 cm³/mol. The molecule has 0 radical (unpaired) electrons. The Morgan fingerprint density at radius 2 is 1.59 bits per heavy atom. The number of anilines is 2. The second kappa shape index (κ2) is 7.76. The van der Waals surface area contributed by atoms with Crippen molar-refractivity contribution in [3.8, 4) is 0 Å². The van der Waals surface area contributed by atoms with Crippen molar-refractivity contribution in [3.63, 3.8) is 0 Å². The molecule has 0 spiro atoms. The van der Waals surface area contributed by atoms with Crippen LogP contribution in [0.2, 0.25) is 0 Å². The Bertz CT molecular complexity index is 1210. The molecule has 0 N–H and O–H groups in total. The van der Waals surface area contributed by atoms with Crippen LogP contribution in [0.3, 0.4) is 0 Å². The lowest BCUT2D eigenvalue weighted by atomic mass is 10.2. The van der Waals surface area contributed by atoms with Crippen molar-refractivity contribution in [2.24, 2.45) is 0 Å². The number of hydrogen-bond donors (Lipinski definition) is 0. The molecule has 1 aromatic carbocycles. The number of likely N-dealkylation sites (tertiary alicyclic amines) is 1. The summed E-state index contributed by atoms with van der Waals surface area (Å²) in [5, 5.41) is 2.09. The highest BCUT2D eigenvalue weighted by atomic mass is 16.2. The van der Waals surface area contributed by atoms with Crippen molar-refractivity contribution in [3.05, 3.63) is 24.3 Å². The van der Waals surface area contributed by atoms with E-state index in [1.165, 1.54) is 17.7 Å². The fraction of sp³-hybridized carbons (Fsp3) is 0.500. The molecule has 32 heavy (non-hydrogen) atoms. The average molecular weight is 433 g/mol. The maximum absolute atomic E-state index is 13.1. The van der Waals surface area contributed by atoms with Gasteiger partial charge in [0.05, 0.1) is 10.9 Å². The number of carbonyl (C=O) groups is 2. The predicted octanol–water partition coefficient (Wildman–Crippen LogP) is 2.93. The lowest BCUT2D eigenvalue weighted by Crippen LogP contribution is -2.34. The van der Waals surface area contributed by atoms with Crippen LogP contribution < -0.4 is 9.80 Å². The molecule has 0 bridgehead atoms. The van der Waals surface area contributed by atoms with E-state index in [9.17, 15) is 9.59 Å². The second-order valence-electron chi connectivity index (χ2n) is 9.08. The summed E-state index contributed by atoms with van der Waals surface area (Å²) < 4.78 is 2.00. The van der Waals surface area contributed by atoms with Gasteiger partial charge < -0.3 is 14.4 Å². The third-order valence-electron chi connectivity index (χ3n) is 7.04. The van der Waals surface area contributed by atoms with Crippen molar-refractivity contribution >= 4 is 45.5 Å². The maximum atomic E-state index is 13.1. The highest BCUT2D eigenvalue weighted by Gasteiger charge is 2.30. The Morgan fingerprint density at radius 1 is 0.875 bits per heavy atom. The van der Waals surface area contributed by atoms with Gasteiger partial charge in [-0.3, -0.25) is 14.5 Å². The molecule has 3 aromatic rings. The van der Waals surface area contributed by atoms with Crippen LogP contribution in [0.15, 0.2) is 24.3 Å². The SMILES string of the molecule is O=C1CCCN1C(=O)Cn1c2ccccc2c2c(N3CCCC3)nc(N3CCCC3)nc21. The molecule has 2 amide bonds. The van der Waals surface area contributed by atoms with Crippen LogP contribution in [-0.2, 0) is 16.1 Å². The molecule has 0 unspecified atom stereocenters. The summed E-state index contributed by atoms with van der Waals surface area (Å²) in [6.07, 6.45) is 5.84. The smallest absolute Gasteiger partial charge is 0.249 e. The second-order valence-corrected chi connectivity index (χ2v) is 9.08. The van der Waals surface area contributed by atoms with E-state index in [1.807, 2.05) is 22.8 Å². The minimum Gasteiger partial charge on any atom is -0.356 e.